The first-order valence-electron chi connectivity index (χ1n) is 6.34. The summed E-state index contributed by atoms with van der Waals surface area (Å²) in [6, 6.07) is 10.4. The SMILES string of the molecule is COc1ccc(C(O)c2c(Cl)cccc2OC)cc1OC. The average Bonchev–Trinajstić information content (AvgIpc) is 2.53. The second kappa shape index (κ2) is 6.70. The number of rotatable bonds is 5. The summed E-state index contributed by atoms with van der Waals surface area (Å²) in [6.45, 7) is 0. The van der Waals surface area contributed by atoms with E-state index in [1.54, 1.807) is 50.6 Å². The molecular weight excluding hydrogens is 292 g/mol. The molecule has 0 aliphatic heterocycles. The average molecular weight is 309 g/mol. The summed E-state index contributed by atoms with van der Waals surface area (Å²) < 4.78 is 15.7. The molecule has 0 saturated carbocycles. The van der Waals surface area contributed by atoms with Crippen LogP contribution in [0.2, 0.25) is 5.02 Å². The lowest BCUT2D eigenvalue weighted by Gasteiger charge is -2.18. The lowest BCUT2D eigenvalue weighted by atomic mass is 10.00. The third kappa shape index (κ3) is 3.06. The topological polar surface area (TPSA) is 47.9 Å². The molecule has 0 fully saturated rings. The van der Waals surface area contributed by atoms with Crippen LogP contribution in [-0.4, -0.2) is 26.4 Å². The maximum Gasteiger partial charge on any atom is 0.161 e. The highest BCUT2D eigenvalue weighted by Gasteiger charge is 2.20. The van der Waals surface area contributed by atoms with Gasteiger partial charge in [-0.05, 0) is 29.8 Å². The summed E-state index contributed by atoms with van der Waals surface area (Å²) in [5, 5.41) is 11.0. The Bertz CT molecular complexity index is 628. The van der Waals surface area contributed by atoms with Crippen molar-refractivity contribution in [3.05, 3.63) is 52.5 Å². The van der Waals surface area contributed by atoms with E-state index in [4.69, 9.17) is 25.8 Å². The largest absolute Gasteiger partial charge is 0.496 e. The van der Waals surface area contributed by atoms with Gasteiger partial charge in [-0.1, -0.05) is 23.7 Å². The Kier molecular flexibility index (Phi) is 4.94. The second-order valence-electron chi connectivity index (χ2n) is 4.37. The summed E-state index contributed by atoms with van der Waals surface area (Å²) in [7, 11) is 4.64. The van der Waals surface area contributed by atoms with Gasteiger partial charge in [0, 0.05) is 5.56 Å². The highest BCUT2D eigenvalue weighted by molar-refractivity contribution is 6.31. The van der Waals surface area contributed by atoms with Gasteiger partial charge in [-0.25, -0.2) is 0 Å². The number of ether oxygens (including phenoxy) is 3. The maximum absolute atomic E-state index is 10.6. The van der Waals surface area contributed by atoms with Crippen molar-refractivity contribution in [2.75, 3.05) is 21.3 Å². The van der Waals surface area contributed by atoms with E-state index in [1.165, 1.54) is 7.11 Å². The van der Waals surface area contributed by atoms with Gasteiger partial charge >= 0.3 is 0 Å². The van der Waals surface area contributed by atoms with E-state index < -0.39 is 6.10 Å². The number of aliphatic hydroxyl groups excluding tert-OH is 1. The van der Waals surface area contributed by atoms with Gasteiger partial charge in [0.15, 0.2) is 11.5 Å². The Morgan fingerprint density at radius 2 is 1.57 bits per heavy atom. The predicted octanol–water partition coefficient (Wildman–Crippen LogP) is 3.45. The minimum absolute atomic E-state index is 0.441. The van der Waals surface area contributed by atoms with E-state index in [0.29, 0.717) is 33.4 Å². The van der Waals surface area contributed by atoms with Gasteiger partial charge in [-0.15, -0.1) is 0 Å². The standard InChI is InChI=1S/C16H17ClO4/c1-19-12-8-7-10(9-14(12)21-3)16(18)15-11(17)5-4-6-13(15)20-2/h4-9,16,18H,1-3H3. The number of hydrogen-bond acceptors (Lipinski definition) is 4. The van der Waals surface area contributed by atoms with Gasteiger partial charge in [0.2, 0.25) is 0 Å². The highest BCUT2D eigenvalue weighted by Crippen LogP contribution is 2.38. The number of benzene rings is 2. The normalized spacial score (nSPS) is 11.9. The minimum atomic E-state index is -0.923. The van der Waals surface area contributed by atoms with E-state index in [9.17, 15) is 5.11 Å². The molecule has 4 nitrogen and oxygen atoms in total. The Labute approximate surface area is 128 Å². The molecule has 0 aromatic heterocycles. The van der Waals surface area contributed by atoms with Gasteiger partial charge in [0.25, 0.3) is 0 Å². The van der Waals surface area contributed by atoms with Crippen molar-refractivity contribution in [2.24, 2.45) is 0 Å². The number of halogens is 1. The van der Waals surface area contributed by atoms with Crippen LogP contribution in [0.15, 0.2) is 36.4 Å². The summed E-state index contributed by atoms with van der Waals surface area (Å²) in [6.07, 6.45) is -0.923. The summed E-state index contributed by atoms with van der Waals surface area (Å²) in [4.78, 5) is 0. The molecule has 0 heterocycles. The van der Waals surface area contributed by atoms with Gasteiger partial charge in [0.05, 0.1) is 26.4 Å². The van der Waals surface area contributed by atoms with Crippen LogP contribution < -0.4 is 14.2 Å². The second-order valence-corrected chi connectivity index (χ2v) is 4.78. The molecule has 2 rings (SSSR count). The first-order valence-corrected chi connectivity index (χ1v) is 6.72. The van der Waals surface area contributed by atoms with Gasteiger partial charge in [-0.3, -0.25) is 0 Å². The lowest BCUT2D eigenvalue weighted by Crippen LogP contribution is -2.04. The Morgan fingerprint density at radius 1 is 0.905 bits per heavy atom. The third-order valence-electron chi connectivity index (χ3n) is 3.23. The fourth-order valence-electron chi connectivity index (χ4n) is 2.15. The van der Waals surface area contributed by atoms with Crippen LogP contribution in [0.3, 0.4) is 0 Å². The van der Waals surface area contributed by atoms with Crippen LogP contribution in [0.5, 0.6) is 17.2 Å². The van der Waals surface area contributed by atoms with E-state index in [2.05, 4.69) is 0 Å². The van der Waals surface area contributed by atoms with Crippen molar-refractivity contribution in [3.63, 3.8) is 0 Å². The molecule has 0 amide bonds. The fraction of sp³-hybridized carbons (Fsp3) is 0.250. The molecule has 0 bridgehead atoms. The first kappa shape index (κ1) is 15.5. The molecule has 2 aromatic carbocycles. The van der Waals surface area contributed by atoms with Crippen molar-refractivity contribution >= 4 is 11.6 Å². The van der Waals surface area contributed by atoms with E-state index in [1.807, 2.05) is 0 Å². The first-order chi connectivity index (χ1) is 10.1. The molecule has 2 aromatic rings. The van der Waals surface area contributed by atoms with Crippen molar-refractivity contribution < 1.29 is 19.3 Å². The maximum atomic E-state index is 10.6. The van der Waals surface area contributed by atoms with Crippen molar-refractivity contribution in [1.82, 2.24) is 0 Å². The van der Waals surface area contributed by atoms with Crippen LogP contribution in [0.4, 0.5) is 0 Å². The smallest absolute Gasteiger partial charge is 0.161 e. The molecule has 0 aliphatic rings. The summed E-state index contributed by atoms with van der Waals surface area (Å²) in [5.74, 6) is 1.67. The lowest BCUT2D eigenvalue weighted by molar-refractivity contribution is 0.214. The number of hydrogen-bond donors (Lipinski definition) is 1. The molecule has 0 radical (unpaired) electrons. The fourth-order valence-corrected chi connectivity index (χ4v) is 2.42. The zero-order chi connectivity index (χ0) is 15.4. The highest BCUT2D eigenvalue weighted by atomic mass is 35.5. The molecule has 21 heavy (non-hydrogen) atoms. The molecular formula is C16H17ClO4. The third-order valence-corrected chi connectivity index (χ3v) is 3.56. The van der Waals surface area contributed by atoms with Crippen LogP contribution in [0.1, 0.15) is 17.2 Å². The van der Waals surface area contributed by atoms with E-state index in [-0.39, 0.29) is 0 Å². The van der Waals surface area contributed by atoms with E-state index in [0.717, 1.165) is 0 Å². The molecule has 1 N–H and O–H groups in total. The number of aliphatic hydroxyl groups is 1. The van der Waals surface area contributed by atoms with Gasteiger partial charge < -0.3 is 19.3 Å². The Balaban J connectivity index is 2.47. The molecule has 0 spiro atoms. The number of methoxy groups -OCH3 is 3. The summed E-state index contributed by atoms with van der Waals surface area (Å²) >= 11 is 6.19. The van der Waals surface area contributed by atoms with Crippen LogP contribution in [-0.2, 0) is 0 Å². The zero-order valence-corrected chi connectivity index (χ0v) is 12.8. The summed E-state index contributed by atoms with van der Waals surface area (Å²) in [5.41, 5.74) is 1.16. The predicted molar refractivity (Wildman–Crippen MR) is 81.6 cm³/mol. The van der Waals surface area contributed by atoms with Gasteiger partial charge in [-0.2, -0.15) is 0 Å². The Hall–Kier alpha value is -1.91. The van der Waals surface area contributed by atoms with Crippen LogP contribution in [0.25, 0.3) is 0 Å². The van der Waals surface area contributed by atoms with Crippen LogP contribution in [0, 0.1) is 0 Å². The van der Waals surface area contributed by atoms with Crippen molar-refractivity contribution in [2.45, 2.75) is 6.10 Å². The molecule has 5 heteroatoms. The quantitative estimate of drug-likeness (QED) is 0.919. The molecule has 1 unspecified atom stereocenters. The molecule has 112 valence electrons. The zero-order valence-electron chi connectivity index (χ0n) is 12.1. The Morgan fingerprint density at radius 3 is 2.19 bits per heavy atom. The van der Waals surface area contributed by atoms with Crippen LogP contribution >= 0.6 is 11.6 Å². The van der Waals surface area contributed by atoms with Crippen molar-refractivity contribution in [1.29, 1.82) is 0 Å². The van der Waals surface area contributed by atoms with E-state index >= 15 is 0 Å². The monoisotopic (exact) mass is 308 g/mol. The molecule has 1 atom stereocenters. The van der Waals surface area contributed by atoms with Crippen molar-refractivity contribution in [3.8, 4) is 17.2 Å². The molecule has 0 saturated heterocycles. The molecule has 0 aliphatic carbocycles. The van der Waals surface area contributed by atoms with Gasteiger partial charge in [0.1, 0.15) is 11.9 Å². The minimum Gasteiger partial charge on any atom is -0.496 e.